The molecule has 2 aromatic carbocycles. The van der Waals surface area contributed by atoms with Gasteiger partial charge in [-0.3, -0.25) is 14.9 Å². The van der Waals surface area contributed by atoms with Gasteiger partial charge in [0, 0.05) is 16.1 Å². The lowest BCUT2D eigenvalue weighted by Gasteiger charge is -2.18. The lowest BCUT2D eigenvalue weighted by molar-refractivity contribution is -0.384. The molecule has 0 saturated heterocycles. The number of furan rings is 1. The van der Waals surface area contributed by atoms with E-state index in [1.807, 2.05) is 12.1 Å². The van der Waals surface area contributed by atoms with Crippen molar-refractivity contribution >= 4 is 33.7 Å². The minimum atomic E-state index is -0.471. The van der Waals surface area contributed by atoms with Gasteiger partial charge in [-0.1, -0.05) is 48.8 Å². The Morgan fingerprint density at radius 1 is 1.13 bits per heavy atom. The Labute approximate surface area is 182 Å². The second-order valence-electron chi connectivity index (χ2n) is 7.65. The summed E-state index contributed by atoms with van der Waals surface area (Å²) in [4.78, 5) is 23.0. The van der Waals surface area contributed by atoms with E-state index < -0.39 is 4.92 Å². The number of nitrogens with one attached hydrogen (secondary N) is 1. The molecule has 30 heavy (non-hydrogen) atoms. The summed E-state index contributed by atoms with van der Waals surface area (Å²) >= 11 is 3.23. The van der Waals surface area contributed by atoms with E-state index in [9.17, 15) is 14.9 Å². The lowest BCUT2D eigenvalue weighted by Crippen LogP contribution is -2.18. The van der Waals surface area contributed by atoms with E-state index in [2.05, 4.69) is 47.2 Å². The van der Waals surface area contributed by atoms with Gasteiger partial charge in [0.1, 0.15) is 11.5 Å². The van der Waals surface area contributed by atoms with Gasteiger partial charge in [0.2, 0.25) is 0 Å². The smallest absolute Gasteiger partial charge is 0.281 e. The molecular weight excluding hydrogens is 450 g/mol. The van der Waals surface area contributed by atoms with Gasteiger partial charge in [-0.05, 0) is 47.4 Å². The number of hydrogen-bond donors (Lipinski definition) is 1. The first-order valence-electron chi connectivity index (χ1n) is 9.13. The van der Waals surface area contributed by atoms with Gasteiger partial charge in [0.25, 0.3) is 11.6 Å². The van der Waals surface area contributed by atoms with Crippen molar-refractivity contribution in [3.63, 3.8) is 0 Å². The van der Waals surface area contributed by atoms with Crippen molar-refractivity contribution in [2.24, 2.45) is 5.10 Å². The number of nitro benzene ring substituents is 1. The fourth-order valence-corrected chi connectivity index (χ4v) is 3.12. The highest BCUT2D eigenvalue weighted by Gasteiger charge is 2.18. The first kappa shape index (κ1) is 21.4. The molecule has 1 aromatic heterocycles. The van der Waals surface area contributed by atoms with E-state index in [-0.39, 0.29) is 17.0 Å². The van der Waals surface area contributed by atoms with Crippen molar-refractivity contribution in [2.75, 3.05) is 0 Å². The molecule has 0 aliphatic rings. The number of hydrazone groups is 1. The van der Waals surface area contributed by atoms with Crippen LogP contribution in [0.1, 0.15) is 42.5 Å². The SMILES string of the molecule is CC(C)(C)c1ccc(C(=O)N/N=C\c2ccc(-c3ccc(Br)cc3[N+](=O)[O-])o2)cc1. The van der Waals surface area contributed by atoms with Gasteiger partial charge in [0.05, 0.1) is 16.7 Å². The van der Waals surface area contributed by atoms with Gasteiger partial charge < -0.3 is 4.42 Å². The van der Waals surface area contributed by atoms with E-state index in [0.29, 0.717) is 27.1 Å². The molecule has 3 rings (SSSR count). The predicted octanol–water partition coefficient (Wildman–Crippen LogP) is 5.68. The molecule has 8 heteroatoms. The number of rotatable bonds is 5. The van der Waals surface area contributed by atoms with E-state index in [1.165, 1.54) is 12.3 Å². The van der Waals surface area contributed by atoms with E-state index in [1.54, 1.807) is 36.4 Å². The van der Waals surface area contributed by atoms with Crippen LogP contribution in [0.3, 0.4) is 0 Å². The molecule has 0 atom stereocenters. The Hall–Kier alpha value is -3.26. The zero-order valence-corrected chi connectivity index (χ0v) is 18.3. The molecule has 0 fully saturated rings. The van der Waals surface area contributed by atoms with Gasteiger partial charge in [-0.2, -0.15) is 5.10 Å². The average Bonchev–Trinajstić information content (AvgIpc) is 3.16. The van der Waals surface area contributed by atoms with Gasteiger partial charge >= 0.3 is 0 Å². The van der Waals surface area contributed by atoms with Crippen LogP contribution in [0.2, 0.25) is 0 Å². The summed E-state index contributed by atoms with van der Waals surface area (Å²) in [6.07, 6.45) is 1.34. The summed E-state index contributed by atoms with van der Waals surface area (Å²) in [5, 5.41) is 15.2. The number of carbonyl (C=O) groups excluding carboxylic acids is 1. The first-order chi connectivity index (χ1) is 14.1. The van der Waals surface area contributed by atoms with Crippen LogP contribution in [0.15, 0.2) is 68.6 Å². The molecule has 0 radical (unpaired) electrons. The summed E-state index contributed by atoms with van der Waals surface area (Å²) in [6.45, 7) is 6.31. The molecule has 3 aromatic rings. The van der Waals surface area contributed by atoms with Crippen LogP contribution in [0.5, 0.6) is 0 Å². The Morgan fingerprint density at radius 3 is 2.47 bits per heavy atom. The molecule has 1 N–H and O–H groups in total. The zero-order valence-electron chi connectivity index (χ0n) is 16.7. The fraction of sp³-hybridized carbons (Fsp3) is 0.182. The fourth-order valence-electron chi connectivity index (χ4n) is 2.77. The standard InChI is InChI=1S/C22H20BrN3O4/c1-22(2,3)15-6-4-14(5-7-15)21(27)25-24-13-17-9-11-20(30-17)18-10-8-16(23)12-19(18)26(28)29/h4-13H,1-3H3,(H,25,27)/b24-13-. The van der Waals surface area contributed by atoms with Crippen LogP contribution < -0.4 is 5.43 Å². The Balaban J connectivity index is 1.69. The number of hydrogen-bond acceptors (Lipinski definition) is 5. The Morgan fingerprint density at radius 2 is 1.83 bits per heavy atom. The number of nitrogens with zero attached hydrogens (tertiary/aromatic N) is 2. The maximum Gasteiger partial charge on any atom is 0.281 e. The summed E-state index contributed by atoms with van der Waals surface area (Å²) in [5.74, 6) is 0.340. The van der Waals surface area contributed by atoms with E-state index in [0.717, 1.165) is 5.56 Å². The minimum Gasteiger partial charge on any atom is -0.455 e. The third-order valence-electron chi connectivity index (χ3n) is 4.42. The number of benzene rings is 2. The molecule has 0 unspecified atom stereocenters. The number of nitro groups is 1. The van der Waals surface area contributed by atoms with Crippen LogP contribution in [0.4, 0.5) is 5.69 Å². The zero-order chi connectivity index (χ0) is 21.9. The number of carbonyl (C=O) groups is 1. The van der Waals surface area contributed by atoms with Crippen molar-refractivity contribution in [3.8, 4) is 11.3 Å². The third-order valence-corrected chi connectivity index (χ3v) is 4.91. The quantitative estimate of drug-likeness (QED) is 0.295. The third kappa shape index (κ3) is 5.01. The van der Waals surface area contributed by atoms with Crippen molar-refractivity contribution < 1.29 is 14.1 Å². The van der Waals surface area contributed by atoms with Gasteiger partial charge in [-0.15, -0.1) is 0 Å². The van der Waals surface area contributed by atoms with Crippen molar-refractivity contribution in [2.45, 2.75) is 26.2 Å². The molecule has 1 amide bonds. The normalized spacial score (nSPS) is 11.6. The summed E-state index contributed by atoms with van der Waals surface area (Å²) in [7, 11) is 0. The maximum atomic E-state index is 12.2. The van der Waals surface area contributed by atoms with Crippen LogP contribution >= 0.6 is 15.9 Å². The van der Waals surface area contributed by atoms with Crippen molar-refractivity contribution in [1.82, 2.24) is 5.43 Å². The van der Waals surface area contributed by atoms with Crippen LogP contribution in [0, 0.1) is 10.1 Å². The minimum absolute atomic E-state index is 0.00800. The predicted molar refractivity (Wildman–Crippen MR) is 119 cm³/mol. The molecule has 154 valence electrons. The molecule has 1 heterocycles. The van der Waals surface area contributed by atoms with Crippen LogP contribution in [-0.2, 0) is 5.41 Å². The molecule has 0 aliphatic carbocycles. The highest BCUT2D eigenvalue weighted by atomic mass is 79.9. The molecule has 0 spiro atoms. The first-order valence-corrected chi connectivity index (χ1v) is 9.92. The number of halogens is 1. The Bertz CT molecular complexity index is 1110. The van der Waals surface area contributed by atoms with Gasteiger partial charge in [-0.25, -0.2) is 5.43 Å². The molecule has 0 saturated carbocycles. The van der Waals surface area contributed by atoms with Crippen LogP contribution in [-0.4, -0.2) is 17.0 Å². The topological polar surface area (TPSA) is 97.7 Å². The van der Waals surface area contributed by atoms with Gasteiger partial charge in [0.15, 0.2) is 0 Å². The maximum absolute atomic E-state index is 12.2. The second kappa shape index (κ2) is 8.62. The van der Waals surface area contributed by atoms with Crippen LogP contribution in [0.25, 0.3) is 11.3 Å². The lowest BCUT2D eigenvalue weighted by atomic mass is 9.87. The monoisotopic (exact) mass is 469 g/mol. The summed E-state index contributed by atoms with van der Waals surface area (Å²) in [6, 6.07) is 15.3. The van der Waals surface area contributed by atoms with E-state index in [4.69, 9.17) is 4.42 Å². The van der Waals surface area contributed by atoms with E-state index >= 15 is 0 Å². The molecule has 0 bridgehead atoms. The highest BCUT2D eigenvalue weighted by Crippen LogP contribution is 2.33. The largest absolute Gasteiger partial charge is 0.455 e. The molecule has 7 nitrogen and oxygen atoms in total. The molecule has 0 aliphatic heterocycles. The highest BCUT2D eigenvalue weighted by molar-refractivity contribution is 9.10. The Kier molecular flexibility index (Phi) is 6.17. The average molecular weight is 470 g/mol. The summed E-state index contributed by atoms with van der Waals surface area (Å²) < 4.78 is 6.22. The second-order valence-corrected chi connectivity index (χ2v) is 8.56. The van der Waals surface area contributed by atoms with Crippen molar-refractivity contribution in [1.29, 1.82) is 0 Å². The number of amides is 1. The van der Waals surface area contributed by atoms with Crippen molar-refractivity contribution in [3.05, 3.63) is 86.1 Å². The molecular formula is C22H20BrN3O4. The summed E-state index contributed by atoms with van der Waals surface area (Å²) in [5.41, 5.74) is 4.36.